The number of fused-ring (bicyclic) bond motifs is 3. The van der Waals surface area contributed by atoms with Crippen molar-refractivity contribution in [2.45, 2.75) is 33.6 Å². The molecule has 0 saturated carbocycles. The lowest BCUT2D eigenvalue weighted by Gasteiger charge is -2.12. The summed E-state index contributed by atoms with van der Waals surface area (Å²) in [6.07, 6.45) is 2.18. The summed E-state index contributed by atoms with van der Waals surface area (Å²) in [5.41, 5.74) is 12.7. The third kappa shape index (κ3) is 2.51. The molecule has 4 aromatic rings. The summed E-state index contributed by atoms with van der Waals surface area (Å²) in [5, 5.41) is 2.86. The summed E-state index contributed by atoms with van der Waals surface area (Å²) < 4.78 is 0. The Morgan fingerprint density at radius 2 is 1.15 bits per heavy atom. The molecule has 27 heavy (non-hydrogen) atoms. The van der Waals surface area contributed by atoms with Crippen molar-refractivity contribution in [1.82, 2.24) is 0 Å². The van der Waals surface area contributed by atoms with Crippen LogP contribution in [0.15, 0.2) is 66.7 Å². The van der Waals surface area contributed by atoms with E-state index in [9.17, 15) is 0 Å². The van der Waals surface area contributed by atoms with E-state index >= 15 is 0 Å². The Balaban J connectivity index is 1.57. The summed E-state index contributed by atoms with van der Waals surface area (Å²) in [7, 11) is 0. The zero-order chi connectivity index (χ0) is 18.5. The van der Waals surface area contributed by atoms with Crippen LogP contribution in [-0.2, 0) is 12.8 Å². The first-order valence-electron chi connectivity index (χ1n) is 9.84. The maximum atomic E-state index is 2.38. The fourth-order valence-corrected chi connectivity index (χ4v) is 4.65. The molecule has 0 atom stereocenters. The number of aryl methyl sites for hydroxylation is 5. The highest BCUT2D eigenvalue weighted by molar-refractivity contribution is 6.15. The van der Waals surface area contributed by atoms with E-state index in [2.05, 4.69) is 87.5 Å². The Kier molecular flexibility index (Phi) is 3.68. The van der Waals surface area contributed by atoms with E-state index < -0.39 is 0 Å². The van der Waals surface area contributed by atoms with Gasteiger partial charge in [-0.15, -0.1) is 0 Å². The molecule has 1 aliphatic rings. The van der Waals surface area contributed by atoms with E-state index in [0.29, 0.717) is 0 Å². The summed E-state index contributed by atoms with van der Waals surface area (Å²) in [4.78, 5) is 0. The number of hydrogen-bond donors (Lipinski definition) is 0. The Labute approximate surface area is 161 Å². The second kappa shape index (κ2) is 6.09. The molecule has 0 nitrogen and oxygen atoms in total. The van der Waals surface area contributed by atoms with Gasteiger partial charge in [-0.3, -0.25) is 0 Å². The van der Waals surface area contributed by atoms with Crippen LogP contribution in [0.2, 0.25) is 0 Å². The zero-order valence-corrected chi connectivity index (χ0v) is 16.3. The van der Waals surface area contributed by atoms with Gasteiger partial charge in [0.25, 0.3) is 0 Å². The molecule has 0 saturated heterocycles. The highest BCUT2D eigenvalue weighted by Gasteiger charge is 2.21. The lowest BCUT2D eigenvalue weighted by atomic mass is 9.92. The van der Waals surface area contributed by atoms with Crippen molar-refractivity contribution in [1.29, 1.82) is 0 Å². The molecule has 0 aliphatic heterocycles. The van der Waals surface area contributed by atoms with Crippen LogP contribution in [0, 0.1) is 20.8 Å². The molecule has 0 spiro atoms. The van der Waals surface area contributed by atoms with Gasteiger partial charge in [0, 0.05) is 0 Å². The van der Waals surface area contributed by atoms with Crippen LogP contribution in [0.1, 0.15) is 27.8 Å². The Morgan fingerprint density at radius 1 is 0.519 bits per heavy atom. The van der Waals surface area contributed by atoms with Crippen molar-refractivity contribution in [3.8, 4) is 22.3 Å². The fraction of sp³-hybridized carbons (Fsp3) is 0.185. The van der Waals surface area contributed by atoms with Crippen LogP contribution in [0.25, 0.3) is 33.0 Å². The SMILES string of the molecule is Cc1cc(C)c(CCc2ccc3c4c(cccc24)-c2ccccc2-3)cc1C. The lowest BCUT2D eigenvalue weighted by Crippen LogP contribution is -1.97. The highest BCUT2D eigenvalue weighted by atomic mass is 14.2. The molecule has 5 rings (SSSR count). The molecule has 0 bridgehead atoms. The molecule has 0 aromatic heterocycles. The van der Waals surface area contributed by atoms with Crippen LogP contribution in [0.5, 0.6) is 0 Å². The molecule has 0 unspecified atom stereocenters. The molecular formula is C27H24. The van der Waals surface area contributed by atoms with Crippen LogP contribution in [-0.4, -0.2) is 0 Å². The molecule has 132 valence electrons. The topological polar surface area (TPSA) is 0 Å². The first-order chi connectivity index (χ1) is 13.1. The van der Waals surface area contributed by atoms with Crippen molar-refractivity contribution in [3.05, 3.63) is 94.5 Å². The van der Waals surface area contributed by atoms with Crippen molar-refractivity contribution in [3.63, 3.8) is 0 Å². The quantitative estimate of drug-likeness (QED) is 0.323. The van der Waals surface area contributed by atoms with Gasteiger partial charge in [0.1, 0.15) is 0 Å². The summed E-state index contributed by atoms with van der Waals surface area (Å²) in [6, 6.07) is 25.0. The van der Waals surface area contributed by atoms with Crippen LogP contribution in [0.4, 0.5) is 0 Å². The lowest BCUT2D eigenvalue weighted by molar-refractivity contribution is 0.952. The molecule has 0 radical (unpaired) electrons. The third-order valence-corrected chi connectivity index (χ3v) is 6.25. The smallest absolute Gasteiger partial charge is 0.00236 e. The molecule has 0 heterocycles. The average Bonchev–Trinajstić information content (AvgIpc) is 3.01. The monoisotopic (exact) mass is 348 g/mol. The second-order valence-electron chi connectivity index (χ2n) is 7.91. The molecule has 0 amide bonds. The van der Waals surface area contributed by atoms with Gasteiger partial charge in [0.2, 0.25) is 0 Å². The maximum Gasteiger partial charge on any atom is -0.00236 e. The number of benzene rings is 4. The molecular weight excluding hydrogens is 324 g/mol. The van der Waals surface area contributed by atoms with Gasteiger partial charge in [-0.25, -0.2) is 0 Å². The van der Waals surface area contributed by atoms with E-state index in [1.54, 1.807) is 0 Å². The second-order valence-corrected chi connectivity index (χ2v) is 7.91. The van der Waals surface area contributed by atoms with Gasteiger partial charge in [-0.1, -0.05) is 66.7 Å². The van der Waals surface area contributed by atoms with E-state index in [1.807, 2.05) is 0 Å². The Bertz CT molecular complexity index is 1170. The van der Waals surface area contributed by atoms with E-state index in [1.165, 1.54) is 60.8 Å². The summed E-state index contributed by atoms with van der Waals surface area (Å²) in [6.45, 7) is 6.66. The van der Waals surface area contributed by atoms with Gasteiger partial charge in [-0.2, -0.15) is 0 Å². The third-order valence-electron chi connectivity index (χ3n) is 6.25. The van der Waals surface area contributed by atoms with Gasteiger partial charge >= 0.3 is 0 Å². The zero-order valence-electron chi connectivity index (χ0n) is 16.3. The largest absolute Gasteiger partial charge is 0.0616 e. The minimum absolute atomic E-state index is 1.08. The van der Waals surface area contributed by atoms with Crippen molar-refractivity contribution in [2.24, 2.45) is 0 Å². The van der Waals surface area contributed by atoms with Gasteiger partial charge < -0.3 is 0 Å². The summed E-state index contributed by atoms with van der Waals surface area (Å²) in [5.74, 6) is 0. The van der Waals surface area contributed by atoms with Crippen LogP contribution in [0.3, 0.4) is 0 Å². The number of hydrogen-bond acceptors (Lipinski definition) is 0. The normalized spacial score (nSPS) is 11.8. The first-order valence-corrected chi connectivity index (χ1v) is 9.84. The van der Waals surface area contributed by atoms with Crippen molar-refractivity contribution >= 4 is 10.8 Å². The molecule has 0 heteroatoms. The maximum absolute atomic E-state index is 2.38. The van der Waals surface area contributed by atoms with Crippen LogP contribution >= 0.6 is 0 Å². The van der Waals surface area contributed by atoms with Crippen molar-refractivity contribution < 1.29 is 0 Å². The van der Waals surface area contributed by atoms with Gasteiger partial charge in [0.15, 0.2) is 0 Å². The standard InChI is InChI=1S/C27H24/c1-17-15-19(3)21(16-18(17)2)12-11-20-13-14-26-24-8-5-4-7-23(24)25-10-6-9-22(20)27(25)26/h4-10,13-16H,11-12H2,1-3H3. The Morgan fingerprint density at radius 3 is 1.93 bits per heavy atom. The predicted molar refractivity (Wildman–Crippen MR) is 116 cm³/mol. The summed E-state index contributed by atoms with van der Waals surface area (Å²) >= 11 is 0. The number of rotatable bonds is 3. The predicted octanol–water partition coefficient (Wildman–Crippen LogP) is 7.20. The molecule has 0 N–H and O–H groups in total. The first kappa shape index (κ1) is 16.3. The van der Waals surface area contributed by atoms with Gasteiger partial charge in [0.05, 0.1) is 0 Å². The fourth-order valence-electron chi connectivity index (χ4n) is 4.65. The average molecular weight is 348 g/mol. The Hall–Kier alpha value is -2.86. The minimum atomic E-state index is 1.08. The highest BCUT2D eigenvalue weighted by Crippen LogP contribution is 2.47. The van der Waals surface area contributed by atoms with Crippen molar-refractivity contribution in [2.75, 3.05) is 0 Å². The van der Waals surface area contributed by atoms with E-state index in [0.717, 1.165) is 12.8 Å². The molecule has 1 aliphatic carbocycles. The van der Waals surface area contributed by atoms with Gasteiger partial charge in [-0.05, 0) is 94.5 Å². The van der Waals surface area contributed by atoms with Crippen LogP contribution < -0.4 is 0 Å². The van der Waals surface area contributed by atoms with E-state index in [-0.39, 0.29) is 0 Å². The minimum Gasteiger partial charge on any atom is -0.0616 e. The molecule has 0 fully saturated rings. The van der Waals surface area contributed by atoms with E-state index in [4.69, 9.17) is 0 Å². The molecule has 4 aromatic carbocycles.